The maximum Gasteiger partial charge on any atom is 0.264 e. The summed E-state index contributed by atoms with van der Waals surface area (Å²) >= 11 is 0. The second-order valence-electron chi connectivity index (χ2n) is 5.78. The highest BCUT2D eigenvalue weighted by molar-refractivity contribution is 7.92. The number of para-hydroxylation sites is 1. The molecule has 0 spiro atoms. The van der Waals surface area contributed by atoms with Crippen molar-refractivity contribution in [2.24, 2.45) is 0 Å². The van der Waals surface area contributed by atoms with Gasteiger partial charge in [-0.2, -0.15) is 0 Å². The molecule has 0 saturated heterocycles. The van der Waals surface area contributed by atoms with Crippen LogP contribution in [0.15, 0.2) is 59.5 Å². The SMILES string of the molecule is O=S(=O)(c1ccccc1)N1c2ccccc2C2CCC[C@H]21. The molecule has 2 atom stereocenters. The summed E-state index contributed by atoms with van der Waals surface area (Å²) in [5.74, 6) is 0.361. The minimum absolute atomic E-state index is 0.0904. The highest BCUT2D eigenvalue weighted by atomic mass is 32.2. The minimum Gasteiger partial charge on any atom is -0.262 e. The van der Waals surface area contributed by atoms with Crippen molar-refractivity contribution in [3.63, 3.8) is 0 Å². The fourth-order valence-corrected chi connectivity index (χ4v) is 5.54. The first-order valence-electron chi connectivity index (χ1n) is 7.38. The van der Waals surface area contributed by atoms with Crippen LogP contribution in [0.4, 0.5) is 5.69 Å². The lowest BCUT2D eigenvalue weighted by molar-refractivity contribution is 0.572. The quantitative estimate of drug-likeness (QED) is 0.850. The molecular weight excluding hydrogens is 282 g/mol. The third-order valence-corrected chi connectivity index (χ3v) is 6.51. The van der Waals surface area contributed by atoms with E-state index in [2.05, 4.69) is 6.07 Å². The molecule has 21 heavy (non-hydrogen) atoms. The van der Waals surface area contributed by atoms with E-state index in [9.17, 15) is 8.42 Å². The van der Waals surface area contributed by atoms with Crippen LogP contribution >= 0.6 is 0 Å². The van der Waals surface area contributed by atoms with Crippen LogP contribution in [0.3, 0.4) is 0 Å². The van der Waals surface area contributed by atoms with Gasteiger partial charge in [-0.3, -0.25) is 4.31 Å². The van der Waals surface area contributed by atoms with Crippen LogP contribution in [0, 0.1) is 0 Å². The van der Waals surface area contributed by atoms with Crippen LogP contribution < -0.4 is 4.31 Å². The van der Waals surface area contributed by atoms with Crippen molar-refractivity contribution >= 4 is 15.7 Å². The average molecular weight is 299 g/mol. The summed E-state index contributed by atoms with van der Waals surface area (Å²) in [4.78, 5) is 0.382. The molecule has 4 heteroatoms. The summed E-state index contributed by atoms with van der Waals surface area (Å²) in [7, 11) is -3.47. The molecule has 2 aromatic carbocycles. The normalized spacial score (nSPS) is 23.9. The molecule has 0 radical (unpaired) electrons. The van der Waals surface area contributed by atoms with E-state index >= 15 is 0 Å². The van der Waals surface area contributed by atoms with E-state index in [0.29, 0.717) is 10.8 Å². The molecule has 1 aliphatic carbocycles. The Bertz CT molecular complexity index is 770. The Morgan fingerprint density at radius 3 is 2.43 bits per heavy atom. The van der Waals surface area contributed by atoms with E-state index in [1.165, 1.54) is 5.56 Å². The topological polar surface area (TPSA) is 37.4 Å². The largest absolute Gasteiger partial charge is 0.264 e. The van der Waals surface area contributed by atoms with Gasteiger partial charge in [-0.15, -0.1) is 0 Å². The van der Waals surface area contributed by atoms with E-state index in [1.807, 2.05) is 24.3 Å². The molecule has 1 unspecified atom stereocenters. The highest BCUT2D eigenvalue weighted by Crippen LogP contribution is 2.50. The van der Waals surface area contributed by atoms with Gasteiger partial charge >= 0.3 is 0 Å². The first-order chi connectivity index (χ1) is 10.2. The fraction of sp³-hybridized carbons (Fsp3) is 0.294. The average Bonchev–Trinajstić information content (AvgIpc) is 3.08. The molecule has 108 valence electrons. The van der Waals surface area contributed by atoms with Gasteiger partial charge in [0, 0.05) is 5.92 Å². The van der Waals surface area contributed by atoms with E-state index in [1.54, 1.807) is 28.6 Å². The predicted molar refractivity (Wildman–Crippen MR) is 82.9 cm³/mol. The smallest absolute Gasteiger partial charge is 0.262 e. The predicted octanol–water partition coefficient (Wildman–Crippen LogP) is 3.53. The Morgan fingerprint density at radius 2 is 1.62 bits per heavy atom. The van der Waals surface area contributed by atoms with Crippen LogP contribution in [0.2, 0.25) is 0 Å². The second-order valence-corrected chi connectivity index (χ2v) is 7.59. The Kier molecular flexibility index (Phi) is 2.82. The molecule has 0 bridgehead atoms. The zero-order chi connectivity index (χ0) is 14.4. The lowest BCUT2D eigenvalue weighted by Crippen LogP contribution is -2.37. The molecule has 1 heterocycles. The number of hydrogen-bond donors (Lipinski definition) is 0. The van der Waals surface area contributed by atoms with Gasteiger partial charge in [-0.1, -0.05) is 42.8 Å². The number of benzene rings is 2. The Morgan fingerprint density at radius 1 is 0.905 bits per heavy atom. The van der Waals surface area contributed by atoms with E-state index in [-0.39, 0.29) is 6.04 Å². The third-order valence-electron chi connectivity index (χ3n) is 4.65. The zero-order valence-corrected chi connectivity index (χ0v) is 12.5. The van der Waals surface area contributed by atoms with Crippen molar-refractivity contribution in [1.29, 1.82) is 0 Å². The molecule has 4 rings (SSSR count). The standard InChI is InChI=1S/C17H17NO2S/c19-21(20,13-7-2-1-3-8-13)18-16-11-5-4-9-14(16)15-10-6-12-17(15)18/h1-5,7-9,11,15,17H,6,10,12H2/t15?,17-/m1/s1. The van der Waals surface area contributed by atoms with Crippen LogP contribution in [-0.2, 0) is 10.0 Å². The molecule has 0 aromatic heterocycles. The maximum atomic E-state index is 13.1. The van der Waals surface area contributed by atoms with Crippen molar-refractivity contribution in [2.45, 2.75) is 36.1 Å². The van der Waals surface area contributed by atoms with Crippen LogP contribution in [0.5, 0.6) is 0 Å². The van der Waals surface area contributed by atoms with Crippen molar-refractivity contribution < 1.29 is 8.42 Å². The lowest BCUT2D eigenvalue weighted by atomic mass is 9.98. The second kappa shape index (κ2) is 4.60. The van der Waals surface area contributed by atoms with Gasteiger partial charge in [0.2, 0.25) is 0 Å². The molecule has 3 nitrogen and oxygen atoms in total. The number of nitrogens with zero attached hydrogens (tertiary/aromatic N) is 1. The van der Waals surface area contributed by atoms with Crippen molar-refractivity contribution in [2.75, 3.05) is 4.31 Å². The molecule has 2 aromatic rings. The number of sulfonamides is 1. The maximum absolute atomic E-state index is 13.1. The zero-order valence-electron chi connectivity index (χ0n) is 11.6. The minimum atomic E-state index is -3.47. The summed E-state index contributed by atoms with van der Waals surface area (Å²) < 4.78 is 27.8. The third kappa shape index (κ3) is 1.82. The number of rotatable bonds is 2. The fourth-order valence-electron chi connectivity index (χ4n) is 3.78. The Balaban J connectivity index is 1.88. The van der Waals surface area contributed by atoms with Crippen LogP contribution in [-0.4, -0.2) is 14.5 Å². The summed E-state index contributed by atoms with van der Waals surface area (Å²) in [5, 5.41) is 0. The molecule has 1 fully saturated rings. The van der Waals surface area contributed by atoms with E-state index < -0.39 is 10.0 Å². The number of hydrogen-bond acceptors (Lipinski definition) is 2. The van der Waals surface area contributed by atoms with Gasteiger partial charge in [0.05, 0.1) is 16.6 Å². The highest BCUT2D eigenvalue weighted by Gasteiger charge is 2.46. The van der Waals surface area contributed by atoms with Crippen molar-refractivity contribution in [1.82, 2.24) is 0 Å². The number of fused-ring (bicyclic) bond motifs is 3. The van der Waals surface area contributed by atoms with Crippen LogP contribution in [0.1, 0.15) is 30.7 Å². The summed E-state index contributed by atoms with van der Waals surface area (Å²) in [6.45, 7) is 0. The lowest BCUT2D eigenvalue weighted by Gasteiger charge is -2.26. The summed E-state index contributed by atoms with van der Waals surface area (Å²) in [5.41, 5.74) is 2.07. The van der Waals surface area contributed by atoms with Crippen molar-refractivity contribution in [3.8, 4) is 0 Å². The van der Waals surface area contributed by atoms with Gasteiger partial charge < -0.3 is 0 Å². The summed E-state index contributed by atoms with van der Waals surface area (Å²) in [6.07, 6.45) is 3.14. The van der Waals surface area contributed by atoms with E-state index in [0.717, 1.165) is 24.9 Å². The molecule has 2 aliphatic rings. The molecule has 0 N–H and O–H groups in total. The molecule has 1 aliphatic heterocycles. The first-order valence-corrected chi connectivity index (χ1v) is 8.82. The van der Waals surface area contributed by atoms with Crippen LogP contribution in [0.25, 0.3) is 0 Å². The van der Waals surface area contributed by atoms with Gasteiger partial charge in [-0.25, -0.2) is 8.42 Å². The molecule has 0 amide bonds. The summed E-state index contributed by atoms with van der Waals surface area (Å²) in [6, 6.07) is 16.8. The Hall–Kier alpha value is -1.81. The monoisotopic (exact) mass is 299 g/mol. The number of anilines is 1. The first kappa shape index (κ1) is 12.9. The van der Waals surface area contributed by atoms with Gasteiger partial charge in [-0.05, 0) is 36.6 Å². The van der Waals surface area contributed by atoms with Gasteiger partial charge in [0.25, 0.3) is 10.0 Å². The van der Waals surface area contributed by atoms with Gasteiger partial charge in [0.15, 0.2) is 0 Å². The van der Waals surface area contributed by atoms with Crippen molar-refractivity contribution in [3.05, 3.63) is 60.2 Å². The van der Waals surface area contributed by atoms with Gasteiger partial charge in [0.1, 0.15) is 0 Å². The Labute approximate surface area is 125 Å². The van der Waals surface area contributed by atoms with E-state index in [4.69, 9.17) is 0 Å². The molecular formula is C17H17NO2S. The molecule has 1 saturated carbocycles.